The number of H-pyrrole nitrogens is 1. The molecule has 2 saturated heterocycles. The highest BCUT2D eigenvalue weighted by Crippen LogP contribution is 2.41. The van der Waals surface area contributed by atoms with Crippen molar-refractivity contribution in [3.8, 4) is 0 Å². The van der Waals surface area contributed by atoms with Gasteiger partial charge in [0.1, 0.15) is 18.1 Å². The van der Waals surface area contributed by atoms with Gasteiger partial charge in [0.25, 0.3) is 11.8 Å². The number of imide groups is 1. The summed E-state index contributed by atoms with van der Waals surface area (Å²) < 4.78 is 0. The monoisotopic (exact) mass is 559 g/mol. The Morgan fingerprint density at radius 1 is 1.10 bits per heavy atom. The third kappa shape index (κ3) is 4.58. The number of carbonyl (C=O) groups is 4. The average Bonchev–Trinajstić information content (AvgIpc) is 3.59. The van der Waals surface area contributed by atoms with Gasteiger partial charge in [0.15, 0.2) is 0 Å². The van der Waals surface area contributed by atoms with Crippen molar-refractivity contribution in [2.75, 3.05) is 20.1 Å². The van der Waals surface area contributed by atoms with Crippen LogP contribution in [0.15, 0.2) is 30.5 Å². The molecule has 0 saturated carbocycles. The van der Waals surface area contributed by atoms with Crippen molar-refractivity contribution in [1.29, 1.82) is 0 Å². The minimum atomic E-state index is -0.908. The minimum absolute atomic E-state index is 0.121. The lowest BCUT2D eigenvalue weighted by Gasteiger charge is -2.43. The summed E-state index contributed by atoms with van der Waals surface area (Å²) in [4.78, 5) is 63.5. The second-order valence-corrected chi connectivity index (χ2v) is 13.0. The molecular formula is C32H41N5O4. The zero-order valence-corrected chi connectivity index (χ0v) is 24.6. The lowest BCUT2D eigenvalue weighted by molar-refractivity contribution is -0.168. The SMILES string of the molecule is CC(C)CC1C(=O)N2CCCC2C(=O)N1C(=O)C(NC(=O)C1C=C2c3cccc4[nH]cc(c34)CC2N(C)C1)C(C)C. The molecule has 1 aromatic heterocycles. The van der Waals surface area contributed by atoms with Crippen molar-refractivity contribution in [1.82, 2.24) is 25.0 Å². The van der Waals surface area contributed by atoms with E-state index in [1.807, 2.05) is 40.8 Å². The van der Waals surface area contributed by atoms with Crippen LogP contribution in [-0.2, 0) is 25.6 Å². The molecule has 0 radical (unpaired) electrons. The Morgan fingerprint density at radius 2 is 1.88 bits per heavy atom. The van der Waals surface area contributed by atoms with Crippen LogP contribution in [0.25, 0.3) is 16.5 Å². The molecule has 0 bridgehead atoms. The van der Waals surface area contributed by atoms with Crippen LogP contribution in [-0.4, -0.2) is 87.6 Å². The number of carbonyl (C=O) groups excluding carboxylic acids is 4. The van der Waals surface area contributed by atoms with Gasteiger partial charge in [0, 0.05) is 36.2 Å². The summed E-state index contributed by atoms with van der Waals surface area (Å²) in [5.74, 6) is -1.76. The zero-order valence-electron chi connectivity index (χ0n) is 24.6. The van der Waals surface area contributed by atoms with Crippen molar-refractivity contribution < 1.29 is 19.2 Å². The number of benzene rings is 1. The molecule has 1 aliphatic carbocycles. The van der Waals surface area contributed by atoms with E-state index < -0.39 is 30.0 Å². The zero-order chi connectivity index (χ0) is 29.2. The third-order valence-electron chi connectivity index (χ3n) is 9.42. The summed E-state index contributed by atoms with van der Waals surface area (Å²) in [6, 6.07) is 4.08. The molecule has 6 rings (SSSR count). The lowest BCUT2D eigenvalue weighted by Crippen LogP contribution is -2.67. The van der Waals surface area contributed by atoms with Gasteiger partial charge in [-0.15, -0.1) is 0 Å². The molecule has 4 heterocycles. The summed E-state index contributed by atoms with van der Waals surface area (Å²) in [6.07, 6.45) is 6.76. The molecule has 218 valence electrons. The maximum absolute atomic E-state index is 14.1. The number of hydrogen-bond acceptors (Lipinski definition) is 5. The van der Waals surface area contributed by atoms with E-state index in [0.717, 1.165) is 29.5 Å². The minimum Gasteiger partial charge on any atom is -0.361 e. The van der Waals surface area contributed by atoms with E-state index in [0.29, 0.717) is 25.9 Å². The van der Waals surface area contributed by atoms with E-state index >= 15 is 0 Å². The normalized spacial score (nSPS) is 26.9. The molecule has 9 heteroatoms. The lowest BCUT2D eigenvalue weighted by atomic mass is 9.79. The molecule has 2 fully saturated rings. The van der Waals surface area contributed by atoms with Crippen LogP contribution < -0.4 is 5.32 Å². The first kappa shape index (κ1) is 27.7. The molecule has 41 heavy (non-hydrogen) atoms. The molecule has 0 spiro atoms. The summed E-state index contributed by atoms with van der Waals surface area (Å²) in [5, 5.41) is 4.24. The van der Waals surface area contributed by atoms with Crippen LogP contribution in [0.1, 0.15) is 58.1 Å². The molecule has 1 aromatic carbocycles. The van der Waals surface area contributed by atoms with E-state index in [4.69, 9.17) is 0 Å². The summed E-state index contributed by atoms with van der Waals surface area (Å²) in [5.41, 5.74) is 4.66. The number of likely N-dealkylation sites (N-methyl/N-ethyl adjacent to an activating group) is 1. The first-order valence-corrected chi connectivity index (χ1v) is 15.1. The predicted molar refractivity (Wildman–Crippen MR) is 156 cm³/mol. The first-order valence-electron chi connectivity index (χ1n) is 15.1. The smallest absolute Gasteiger partial charge is 0.252 e. The van der Waals surface area contributed by atoms with E-state index in [1.165, 1.54) is 15.8 Å². The van der Waals surface area contributed by atoms with Gasteiger partial charge in [-0.05, 0) is 67.3 Å². The van der Waals surface area contributed by atoms with Gasteiger partial charge in [0.05, 0.1) is 5.92 Å². The molecule has 3 aliphatic heterocycles. The quantitative estimate of drug-likeness (QED) is 0.566. The topological polar surface area (TPSA) is 106 Å². The number of amides is 4. The van der Waals surface area contributed by atoms with Crippen molar-refractivity contribution >= 4 is 40.1 Å². The number of aromatic nitrogens is 1. The van der Waals surface area contributed by atoms with Gasteiger partial charge >= 0.3 is 0 Å². The second kappa shape index (κ2) is 10.4. The van der Waals surface area contributed by atoms with Crippen LogP contribution in [0.4, 0.5) is 0 Å². The Labute approximate surface area is 241 Å². The van der Waals surface area contributed by atoms with Crippen LogP contribution in [0.5, 0.6) is 0 Å². The highest BCUT2D eigenvalue weighted by atomic mass is 16.2. The highest BCUT2D eigenvalue weighted by molar-refractivity contribution is 6.09. The molecular weight excluding hydrogens is 518 g/mol. The van der Waals surface area contributed by atoms with Crippen molar-refractivity contribution in [3.05, 3.63) is 41.6 Å². The summed E-state index contributed by atoms with van der Waals surface area (Å²) >= 11 is 0. The molecule has 4 amide bonds. The number of aromatic amines is 1. The molecule has 2 N–H and O–H groups in total. The number of nitrogens with zero attached hydrogens (tertiary/aromatic N) is 3. The Bertz CT molecular complexity index is 1440. The van der Waals surface area contributed by atoms with Crippen molar-refractivity contribution in [3.63, 3.8) is 0 Å². The number of nitrogens with one attached hydrogen (secondary N) is 2. The fraction of sp³-hybridized carbons (Fsp3) is 0.562. The summed E-state index contributed by atoms with van der Waals surface area (Å²) in [6.45, 7) is 8.80. The fourth-order valence-electron chi connectivity index (χ4n) is 7.36. The van der Waals surface area contributed by atoms with Gasteiger partial charge in [-0.2, -0.15) is 0 Å². The average molecular weight is 560 g/mol. The Morgan fingerprint density at radius 3 is 2.61 bits per heavy atom. The molecule has 9 nitrogen and oxygen atoms in total. The number of piperazine rings is 1. The van der Waals surface area contributed by atoms with Gasteiger partial charge in [-0.1, -0.05) is 45.9 Å². The molecule has 4 aliphatic rings. The Balaban J connectivity index is 1.28. The molecule has 5 atom stereocenters. The number of rotatable bonds is 6. The van der Waals surface area contributed by atoms with Crippen LogP contribution in [0.3, 0.4) is 0 Å². The second-order valence-electron chi connectivity index (χ2n) is 13.0. The Hall–Kier alpha value is -3.46. The predicted octanol–water partition coefficient (Wildman–Crippen LogP) is 2.95. The van der Waals surface area contributed by atoms with Gasteiger partial charge < -0.3 is 15.2 Å². The highest BCUT2D eigenvalue weighted by Gasteiger charge is 2.51. The van der Waals surface area contributed by atoms with Gasteiger partial charge in [-0.25, -0.2) is 0 Å². The van der Waals surface area contributed by atoms with Gasteiger partial charge in [0.2, 0.25) is 11.8 Å². The molecule has 5 unspecified atom stereocenters. The van der Waals surface area contributed by atoms with E-state index in [9.17, 15) is 19.2 Å². The number of fused-ring (bicyclic) bond motifs is 3. The number of hydrogen-bond donors (Lipinski definition) is 2. The van der Waals surface area contributed by atoms with Crippen LogP contribution >= 0.6 is 0 Å². The van der Waals surface area contributed by atoms with Crippen molar-refractivity contribution in [2.24, 2.45) is 17.8 Å². The van der Waals surface area contributed by atoms with Gasteiger partial charge in [-0.3, -0.25) is 29.0 Å². The molecule has 2 aromatic rings. The standard InChI is InChI=1S/C32H41N5O4/c1-17(2)12-26-30(39)36-11-7-10-24(36)31(40)37(26)32(41)28(18(3)4)34-29(38)20-13-22-21-8-6-9-23-27(21)19(15-33-23)14-25(22)35(5)16-20/h6,8-9,13,15,17-18,20,24-26,28,33H,7,10-12,14,16H2,1-5H3,(H,34,38). The largest absolute Gasteiger partial charge is 0.361 e. The fourth-order valence-corrected chi connectivity index (χ4v) is 7.36. The van der Waals surface area contributed by atoms with E-state index in [1.54, 1.807) is 4.90 Å². The van der Waals surface area contributed by atoms with Crippen LogP contribution in [0, 0.1) is 17.8 Å². The maximum atomic E-state index is 14.1. The van der Waals surface area contributed by atoms with E-state index in [2.05, 4.69) is 39.6 Å². The first-order chi connectivity index (χ1) is 19.6. The third-order valence-corrected chi connectivity index (χ3v) is 9.42. The Kier molecular flexibility index (Phi) is 7.04. The maximum Gasteiger partial charge on any atom is 0.252 e. The van der Waals surface area contributed by atoms with Crippen molar-refractivity contribution in [2.45, 2.75) is 77.5 Å². The summed E-state index contributed by atoms with van der Waals surface area (Å²) in [7, 11) is 2.04. The van der Waals surface area contributed by atoms with Crippen LogP contribution in [0.2, 0.25) is 0 Å². The van der Waals surface area contributed by atoms with E-state index in [-0.39, 0.29) is 35.6 Å².